The smallest absolute Gasteiger partial charge is 0.306 e. The van der Waals surface area contributed by atoms with E-state index < -0.39 is 26.6 Å². The molecule has 0 atom stereocenters. The first kappa shape index (κ1) is 21.7. The molecule has 1 fully saturated rings. The van der Waals surface area contributed by atoms with Gasteiger partial charge in [-0.05, 0) is 36.6 Å². The lowest BCUT2D eigenvalue weighted by Gasteiger charge is -2.32. The molecular weight excluding hydrogens is 410 g/mol. The van der Waals surface area contributed by atoms with Gasteiger partial charge < -0.3 is 10.0 Å². The number of hydrogen-bond acceptors (Lipinski definition) is 6. The number of carboxylic acids is 1. The van der Waals surface area contributed by atoms with Crippen LogP contribution in [0, 0.1) is 16.0 Å². The van der Waals surface area contributed by atoms with Crippen LogP contribution in [0.15, 0.2) is 53.4 Å². The topological polar surface area (TPSA) is 121 Å². The van der Waals surface area contributed by atoms with Gasteiger partial charge >= 0.3 is 5.97 Å². The number of para-hydroxylation sites is 1. The van der Waals surface area contributed by atoms with Crippen LogP contribution in [-0.4, -0.2) is 48.9 Å². The van der Waals surface area contributed by atoms with E-state index in [-0.39, 0.29) is 17.4 Å². The van der Waals surface area contributed by atoms with E-state index in [4.69, 9.17) is 5.11 Å². The first-order valence-corrected chi connectivity index (χ1v) is 10.9. The van der Waals surface area contributed by atoms with Gasteiger partial charge in [0.05, 0.1) is 10.8 Å². The highest BCUT2D eigenvalue weighted by Crippen LogP contribution is 2.28. The van der Waals surface area contributed by atoms with Crippen LogP contribution in [0.3, 0.4) is 0 Å². The molecule has 2 aromatic rings. The Kier molecular flexibility index (Phi) is 6.37. The average molecular weight is 433 g/mol. The molecule has 0 bridgehead atoms. The monoisotopic (exact) mass is 433 g/mol. The summed E-state index contributed by atoms with van der Waals surface area (Å²) in [6.07, 6.45) is 1.12. The number of carbonyl (C=O) groups is 1. The molecule has 30 heavy (non-hydrogen) atoms. The fourth-order valence-corrected chi connectivity index (χ4v) is 4.88. The third kappa shape index (κ3) is 4.60. The van der Waals surface area contributed by atoms with Gasteiger partial charge in [-0.15, -0.1) is 0 Å². The van der Waals surface area contributed by atoms with E-state index in [1.807, 2.05) is 18.2 Å². The lowest BCUT2D eigenvalue weighted by molar-refractivity contribution is -0.387. The number of nitro groups is 1. The van der Waals surface area contributed by atoms with Gasteiger partial charge in [0.2, 0.25) is 10.0 Å². The Morgan fingerprint density at radius 1 is 1.20 bits per heavy atom. The number of hydrogen-bond donors (Lipinski definition) is 1. The summed E-state index contributed by atoms with van der Waals surface area (Å²) in [5, 5.41) is 20.4. The number of piperidine rings is 1. The molecule has 0 radical (unpaired) electrons. The van der Waals surface area contributed by atoms with E-state index >= 15 is 0 Å². The molecule has 1 aliphatic heterocycles. The van der Waals surface area contributed by atoms with Crippen molar-refractivity contribution in [2.45, 2.75) is 24.3 Å². The van der Waals surface area contributed by atoms with Crippen molar-refractivity contribution < 1.29 is 23.2 Å². The number of benzene rings is 2. The lowest BCUT2D eigenvalue weighted by atomic mass is 9.96. The zero-order valence-corrected chi connectivity index (χ0v) is 17.3. The van der Waals surface area contributed by atoms with Crippen LogP contribution in [0.4, 0.5) is 11.4 Å². The van der Waals surface area contributed by atoms with E-state index in [1.54, 1.807) is 6.07 Å². The Labute approximate surface area is 174 Å². The minimum absolute atomic E-state index is 0.0494. The number of nitrogens with zero attached hydrogens (tertiary/aromatic N) is 3. The maximum Gasteiger partial charge on any atom is 0.306 e. The first-order valence-electron chi connectivity index (χ1n) is 9.46. The predicted octanol–water partition coefficient (Wildman–Crippen LogP) is 2.72. The summed E-state index contributed by atoms with van der Waals surface area (Å²) in [6, 6.07) is 12.7. The van der Waals surface area contributed by atoms with Crippen molar-refractivity contribution >= 4 is 27.4 Å². The zero-order chi connectivity index (χ0) is 21.9. The second-order valence-electron chi connectivity index (χ2n) is 7.26. The Bertz CT molecular complexity index is 1050. The largest absolute Gasteiger partial charge is 0.481 e. The van der Waals surface area contributed by atoms with Crippen molar-refractivity contribution in [3.63, 3.8) is 0 Å². The lowest BCUT2D eigenvalue weighted by Crippen LogP contribution is -2.36. The highest BCUT2D eigenvalue weighted by Gasteiger charge is 2.29. The molecule has 10 heteroatoms. The molecular formula is C20H23N3O6S. The van der Waals surface area contributed by atoms with Crippen molar-refractivity contribution in [2.75, 3.05) is 25.0 Å². The number of aliphatic carboxylic acids is 1. The second-order valence-corrected chi connectivity index (χ2v) is 9.27. The van der Waals surface area contributed by atoms with E-state index in [1.165, 1.54) is 31.3 Å². The molecule has 1 aliphatic rings. The van der Waals surface area contributed by atoms with Gasteiger partial charge in [0.15, 0.2) is 4.90 Å². The van der Waals surface area contributed by atoms with Crippen LogP contribution in [0.1, 0.15) is 18.4 Å². The molecule has 1 N–H and O–H groups in total. The van der Waals surface area contributed by atoms with Crippen LogP contribution >= 0.6 is 0 Å². The summed E-state index contributed by atoms with van der Waals surface area (Å²) in [6.45, 7) is 1.28. The van der Waals surface area contributed by atoms with Gasteiger partial charge in [-0.25, -0.2) is 8.42 Å². The zero-order valence-electron chi connectivity index (χ0n) is 16.5. The SMILES string of the molecule is CN(Cc1cccc(N2CCC(C(=O)O)CC2)c1)S(=O)(=O)c1ccccc1[N+](=O)[O-]. The van der Waals surface area contributed by atoms with E-state index in [0.29, 0.717) is 25.9 Å². The van der Waals surface area contributed by atoms with E-state index in [0.717, 1.165) is 15.6 Å². The molecule has 9 nitrogen and oxygen atoms in total. The van der Waals surface area contributed by atoms with Crippen LogP contribution < -0.4 is 4.90 Å². The molecule has 0 unspecified atom stereocenters. The van der Waals surface area contributed by atoms with Crippen LogP contribution in [-0.2, 0) is 21.4 Å². The molecule has 0 aliphatic carbocycles. The maximum absolute atomic E-state index is 12.9. The summed E-state index contributed by atoms with van der Waals surface area (Å²) >= 11 is 0. The van der Waals surface area contributed by atoms with Crippen molar-refractivity contribution in [1.82, 2.24) is 4.31 Å². The van der Waals surface area contributed by atoms with Crippen molar-refractivity contribution in [3.8, 4) is 0 Å². The molecule has 2 aromatic carbocycles. The predicted molar refractivity (Wildman–Crippen MR) is 111 cm³/mol. The maximum atomic E-state index is 12.9. The second kappa shape index (κ2) is 8.80. The van der Waals surface area contributed by atoms with E-state index in [2.05, 4.69) is 4.90 Å². The van der Waals surface area contributed by atoms with Gasteiger partial charge in [-0.1, -0.05) is 24.3 Å². The van der Waals surface area contributed by atoms with Crippen molar-refractivity contribution in [3.05, 3.63) is 64.2 Å². The summed E-state index contributed by atoms with van der Waals surface area (Å²) < 4.78 is 26.9. The molecule has 0 spiro atoms. The summed E-state index contributed by atoms with van der Waals surface area (Å²) in [7, 11) is -2.67. The average Bonchev–Trinajstić information content (AvgIpc) is 2.74. The van der Waals surface area contributed by atoms with Gasteiger partial charge in [0.25, 0.3) is 5.69 Å². The Hall–Kier alpha value is -2.98. The fraction of sp³-hybridized carbons (Fsp3) is 0.350. The van der Waals surface area contributed by atoms with Crippen LogP contribution in [0.2, 0.25) is 0 Å². The highest BCUT2D eigenvalue weighted by atomic mass is 32.2. The minimum Gasteiger partial charge on any atom is -0.481 e. The van der Waals surface area contributed by atoms with E-state index in [9.17, 15) is 23.3 Å². The summed E-state index contributed by atoms with van der Waals surface area (Å²) in [4.78, 5) is 23.4. The molecule has 0 amide bonds. The van der Waals surface area contributed by atoms with Gasteiger partial charge in [0.1, 0.15) is 0 Å². The standard InChI is InChI=1S/C20H23N3O6S/c1-21(30(28,29)19-8-3-2-7-18(19)23(26)27)14-15-5-4-6-17(13-15)22-11-9-16(10-12-22)20(24)25/h2-8,13,16H,9-12,14H2,1H3,(H,24,25). The van der Waals surface area contributed by atoms with Crippen molar-refractivity contribution in [2.24, 2.45) is 5.92 Å². The van der Waals surface area contributed by atoms with Gasteiger partial charge in [0, 0.05) is 38.4 Å². The van der Waals surface area contributed by atoms with Crippen molar-refractivity contribution in [1.29, 1.82) is 0 Å². The number of nitro benzene ring substituents is 1. The molecule has 160 valence electrons. The summed E-state index contributed by atoms with van der Waals surface area (Å²) in [5.74, 6) is -1.10. The fourth-order valence-electron chi connectivity index (χ4n) is 3.57. The third-order valence-electron chi connectivity index (χ3n) is 5.28. The molecule has 1 saturated heterocycles. The highest BCUT2D eigenvalue weighted by molar-refractivity contribution is 7.89. The first-order chi connectivity index (χ1) is 14.2. The minimum atomic E-state index is -4.05. The number of rotatable bonds is 7. The summed E-state index contributed by atoms with van der Waals surface area (Å²) in [5.41, 5.74) is 1.17. The number of carboxylic acid groups (broad SMARTS) is 1. The Morgan fingerprint density at radius 2 is 1.87 bits per heavy atom. The third-order valence-corrected chi connectivity index (χ3v) is 7.13. The molecule has 3 rings (SSSR count). The van der Waals surface area contributed by atoms with Gasteiger partial charge in [-0.2, -0.15) is 4.31 Å². The normalized spacial score (nSPS) is 15.3. The quantitative estimate of drug-likeness (QED) is 0.526. The molecule has 1 heterocycles. The van der Waals surface area contributed by atoms with Crippen LogP contribution in [0.25, 0.3) is 0 Å². The van der Waals surface area contributed by atoms with Gasteiger partial charge in [-0.3, -0.25) is 14.9 Å². The molecule has 0 aromatic heterocycles. The molecule has 0 saturated carbocycles. The van der Waals surface area contributed by atoms with Crippen LogP contribution in [0.5, 0.6) is 0 Å². The number of anilines is 1. The Morgan fingerprint density at radius 3 is 2.50 bits per heavy atom. The number of sulfonamides is 1. The Balaban J connectivity index is 1.76.